The largest absolute Gasteiger partial charge is 0.369 e. The van der Waals surface area contributed by atoms with Crippen LogP contribution in [0.25, 0.3) is 0 Å². The van der Waals surface area contributed by atoms with Gasteiger partial charge >= 0.3 is 0 Å². The SMILES string of the molecule is CCNc1nc(C)cc(NCCNS(=O)(=O)c2ccccc2Cl)n1. The quantitative estimate of drug-likeness (QED) is 0.618. The normalized spacial score (nSPS) is 11.3. The fourth-order valence-corrected chi connectivity index (χ4v) is 3.56. The predicted molar refractivity (Wildman–Crippen MR) is 96.1 cm³/mol. The van der Waals surface area contributed by atoms with Gasteiger partial charge in [0.15, 0.2) is 0 Å². The Kier molecular flexibility index (Phi) is 6.36. The minimum absolute atomic E-state index is 0.0685. The summed E-state index contributed by atoms with van der Waals surface area (Å²) in [7, 11) is -3.64. The first-order chi connectivity index (χ1) is 11.4. The van der Waals surface area contributed by atoms with Crippen LogP contribution in [0.1, 0.15) is 12.6 Å². The van der Waals surface area contributed by atoms with Crippen LogP contribution in [-0.4, -0.2) is 38.0 Å². The first-order valence-corrected chi connectivity index (χ1v) is 9.36. The number of nitrogens with one attached hydrogen (secondary N) is 3. The Balaban J connectivity index is 1.92. The number of rotatable bonds is 8. The zero-order chi connectivity index (χ0) is 17.6. The lowest BCUT2D eigenvalue weighted by Gasteiger charge is -2.11. The van der Waals surface area contributed by atoms with Gasteiger partial charge in [-0.05, 0) is 26.0 Å². The number of anilines is 2. The highest BCUT2D eigenvalue weighted by molar-refractivity contribution is 7.89. The molecule has 3 N–H and O–H groups in total. The number of nitrogens with zero attached hydrogens (tertiary/aromatic N) is 2. The van der Waals surface area contributed by atoms with E-state index >= 15 is 0 Å². The lowest BCUT2D eigenvalue weighted by atomic mass is 10.4. The molecule has 9 heteroatoms. The van der Waals surface area contributed by atoms with E-state index in [2.05, 4.69) is 25.3 Å². The van der Waals surface area contributed by atoms with Crippen LogP contribution in [0.4, 0.5) is 11.8 Å². The molecule has 0 spiro atoms. The molecule has 0 radical (unpaired) electrons. The van der Waals surface area contributed by atoms with Crippen molar-refractivity contribution < 1.29 is 8.42 Å². The second-order valence-electron chi connectivity index (χ2n) is 5.00. The van der Waals surface area contributed by atoms with Crippen molar-refractivity contribution in [3.05, 3.63) is 41.0 Å². The van der Waals surface area contributed by atoms with Crippen molar-refractivity contribution in [1.82, 2.24) is 14.7 Å². The van der Waals surface area contributed by atoms with E-state index in [4.69, 9.17) is 11.6 Å². The van der Waals surface area contributed by atoms with Crippen LogP contribution in [-0.2, 0) is 10.0 Å². The van der Waals surface area contributed by atoms with Crippen LogP contribution in [0.5, 0.6) is 0 Å². The first kappa shape index (κ1) is 18.4. The highest BCUT2D eigenvalue weighted by Gasteiger charge is 2.16. The fourth-order valence-electron chi connectivity index (χ4n) is 2.01. The third-order valence-corrected chi connectivity index (χ3v) is 5.00. The van der Waals surface area contributed by atoms with Crippen molar-refractivity contribution in [2.75, 3.05) is 30.3 Å². The van der Waals surface area contributed by atoms with Gasteiger partial charge < -0.3 is 10.6 Å². The summed E-state index contributed by atoms with van der Waals surface area (Å²) in [6.45, 7) is 5.13. The third-order valence-electron chi connectivity index (χ3n) is 3.04. The number of aryl methyl sites for hydroxylation is 1. The predicted octanol–water partition coefficient (Wildman–Crippen LogP) is 2.26. The molecule has 1 aromatic heterocycles. The molecule has 24 heavy (non-hydrogen) atoms. The Morgan fingerprint density at radius 3 is 2.58 bits per heavy atom. The minimum Gasteiger partial charge on any atom is -0.369 e. The number of benzene rings is 1. The van der Waals surface area contributed by atoms with Gasteiger partial charge in [0.05, 0.1) is 5.02 Å². The van der Waals surface area contributed by atoms with Gasteiger partial charge in [-0.2, -0.15) is 4.98 Å². The van der Waals surface area contributed by atoms with Gasteiger partial charge in [-0.15, -0.1) is 0 Å². The van der Waals surface area contributed by atoms with Gasteiger partial charge in [-0.3, -0.25) is 0 Å². The Labute approximate surface area is 146 Å². The van der Waals surface area contributed by atoms with Crippen LogP contribution in [0.15, 0.2) is 35.2 Å². The molecular weight excluding hydrogens is 350 g/mol. The van der Waals surface area contributed by atoms with E-state index in [1.165, 1.54) is 6.07 Å². The van der Waals surface area contributed by atoms with E-state index in [0.29, 0.717) is 18.3 Å². The molecule has 1 heterocycles. The van der Waals surface area contributed by atoms with E-state index in [-0.39, 0.29) is 16.5 Å². The first-order valence-electron chi connectivity index (χ1n) is 7.50. The monoisotopic (exact) mass is 369 g/mol. The van der Waals surface area contributed by atoms with Crippen molar-refractivity contribution >= 4 is 33.4 Å². The van der Waals surface area contributed by atoms with Crippen molar-refractivity contribution in [2.45, 2.75) is 18.7 Å². The molecule has 2 aromatic rings. The fraction of sp³-hybridized carbons (Fsp3) is 0.333. The number of hydrogen-bond donors (Lipinski definition) is 3. The van der Waals surface area contributed by atoms with Crippen molar-refractivity contribution in [1.29, 1.82) is 0 Å². The summed E-state index contributed by atoms with van der Waals surface area (Å²) in [5.74, 6) is 1.17. The molecule has 0 aliphatic carbocycles. The molecule has 0 bridgehead atoms. The van der Waals surface area contributed by atoms with Gasteiger partial charge in [0.1, 0.15) is 10.7 Å². The van der Waals surface area contributed by atoms with Crippen LogP contribution in [0.2, 0.25) is 5.02 Å². The molecule has 1 aromatic carbocycles. The number of halogens is 1. The Morgan fingerprint density at radius 2 is 1.88 bits per heavy atom. The Hall–Kier alpha value is -1.90. The Morgan fingerprint density at radius 1 is 1.12 bits per heavy atom. The molecule has 0 saturated heterocycles. The lowest BCUT2D eigenvalue weighted by molar-refractivity contribution is 0.583. The maximum absolute atomic E-state index is 12.2. The molecule has 2 rings (SSSR count). The van der Waals surface area contributed by atoms with Crippen LogP contribution in [0.3, 0.4) is 0 Å². The maximum atomic E-state index is 12.2. The lowest BCUT2D eigenvalue weighted by Crippen LogP contribution is -2.29. The van der Waals surface area contributed by atoms with Gasteiger partial charge in [-0.1, -0.05) is 23.7 Å². The van der Waals surface area contributed by atoms with Crippen LogP contribution >= 0.6 is 11.6 Å². The van der Waals surface area contributed by atoms with E-state index in [9.17, 15) is 8.42 Å². The minimum atomic E-state index is -3.64. The second kappa shape index (κ2) is 8.27. The number of hydrogen-bond acceptors (Lipinski definition) is 6. The summed E-state index contributed by atoms with van der Waals surface area (Å²) < 4.78 is 26.9. The molecule has 0 saturated carbocycles. The molecule has 0 aliphatic rings. The van der Waals surface area contributed by atoms with E-state index < -0.39 is 10.0 Å². The molecule has 0 fully saturated rings. The zero-order valence-corrected chi connectivity index (χ0v) is 15.1. The van der Waals surface area contributed by atoms with Crippen molar-refractivity contribution in [3.63, 3.8) is 0 Å². The highest BCUT2D eigenvalue weighted by Crippen LogP contribution is 2.19. The zero-order valence-electron chi connectivity index (χ0n) is 13.5. The molecule has 130 valence electrons. The summed E-state index contributed by atoms with van der Waals surface area (Å²) in [4.78, 5) is 8.62. The van der Waals surface area contributed by atoms with Crippen molar-refractivity contribution in [3.8, 4) is 0 Å². The third kappa shape index (κ3) is 5.05. The van der Waals surface area contributed by atoms with Gasteiger partial charge in [0, 0.05) is 31.4 Å². The summed E-state index contributed by atoms with van der Waals surface area (Å²) in [6.07, 6.45) is 0. The van der Waals surface area contributed by atoms with Crippen LogP contribution < -0.4 is 15.4 Å². The molecule has 0 amide bonds. The molecular formula is C15H20ClN5O2S. The highest BCUT2D eigenvalue weighted by atomic mass is 35.5. The maximum Gasteiger partial charge on any atom is 0.242 e. The topological polar surface area (TPSA) is 96.0 Å². The summed E-state index contributed by atoms with van der Waals surface area (Å²) in [5, 5.41) is 6.31. The smallest absolute Gasteiger partial charge is 0.242 e. The van der Waals surface area contributed by atoms with Crippen molar-refractivity contribution in [2.24, 2.45) is 0 Å². The van der Waals surface area contributed by atoms with Gasteiger partial charge in [0.2, 0.25) is 16.0 Å². The summed E-state index contributed by atoms with van der Waals surface area (Å²) in [5.41, 5.74) is 0.820. The molecule has 7 nitrogen and oxygen atoms in total. The van der Waals surface area contributed by atoms with Crippen LogP contribution in [0, 0.1) is 6.92 Å². The standard InChI is InChI=1S/C15H20ClN5O2S/c1-3-17-15-20-11(2)10-14(21-15)18-8-9-19-24(22,23)13-7-5-4-6-12(13)16/h4-7,10,19H,3,8-9H2,1-2H3,(H2,17,18,20,21). The average molecular weight is 370 g/mol. The average Bonchev–Trinajstić information content (AvgIpc) is 2.52. The summed E-state index contributed by atoms with van der Waals surface area (Å²) >= 11 is 5.92. The van der Waals surface area contributed by atoms with E-state index in [1.807, 2.05) is 13.8 Å². The Bertz CT molecular complexity index is 798. The number of sulfonamides is 1. The van der Waals surface area contributed by atoms with Gasteiger partial charge in [0.25, 0.3) is 0 Å². The van der Waals surface area contributed by atoms with E-state index in [0.717, 1.165) is 12.2 Å². The van der Waals surface area contributed by atoms with E-state index in [1.54, 1.807) is 24.3 Å². The van der Waals surface area contributed by atoms with Gasteiger partial charge in [-0.25, -0.2) is 18.1 Å². The molecule has 0 atom stereocenters. The second-order valence-corrected chi connectivity index (χ2v) is 7.15. The molecule has 0 aliphatic heterocycles. The summed E-state index contributed by atoms with van der Waals surface area (Å²) in [6, 6.07) is 8.12. The molecule has 0 unspecified atom stereocenters. The number of aromatic nitrogens is 2.